The van der Waals surface area contributed by atoms with E-state index in [4.69, 9.17) is 18.9 Å². The molecule has 0 aliphatic rings. The molecule has 0 atom stereocenters. The molecule has 0 radical (unpaired) electrons. The standard InChI is InChI=1S/C25H27NO7/c1-26(2)25(29)33-22-13-9-18(15-24(22)32-5)7-11-20(28)16-19(27)10-6-17-8-12-21(30-3)23(14-17)31-4/h6-15H,16H2,1-5H3/b10-6+,11-7+. The van der Waals surface area contributed by atoms with Crippen LogP contribution < -0.4 is 18.9 Å². The summed E-state index contributed by atoms with van der Waals surface area (Å²) in [6, 6.07) is 10.1. The highest BCUT2D eigenvalue weighted by atomic mass is 16.6. The maximum Gasteiger partial charge on any atom is 0.414 e. The lowest BCUT2D eigenvalue weighted by Gasteiger charge is -2.13. The average molecular weight is 453 g/mol. The fourth-order valence-electron chi connectivity index (χ4n) is 2.68. The molecule has 0 bridgehead atoms. The van der Waals surface area contributed by atoms with Crippen molar-refractivity contribution in [1.82, 2.24) is 4.90 Å². The first-order valence-electron chi connectivity index (χ1n) is 9.98. The van der Waals surface area contributed by atoms with E-state index in [0.717, 1.165) is 5.56 Å². The molecule has 2 aromatic carbocycles. The van der Waals surface area contributed by atoms with Crippen molar-refractivity contribution in [1.29, 1.82) is 0 Å². The number of ketones is 2. The van der Waals surface area contributed by atoms with Gasteiger partial charge in [-0.25, -0.2) is 4.79 Å². The highest BCUT2D eigenvalue weighted by Crippen LogP contribution is 2.29. The second-order valence-electron chi connectivity index (χ2n) is 7.06. The Morgan fingerprint density at radius 2 is 1.18 bits per heavy atom. The summed E-state index contributed by atoms with van der Waals surface area (Å²) in [5.74, 6) is 1.05. The minimum Gasteiger partial charge on any atom is -0.493 e. The van der Waals surface area contributed by atoms with E-state index in [2.05, 4.69) is 0 Å². The van der Waals surface area contributed by atoms with E-state index in [1.165, 1.54) is 31.3 Å². The normalized spacial score (nSPS) is 10.8. The predicted octanol–water partition coefficient (Wildman–Crippen LogP) is 4.03. The minimum absolute atomic E-state index is 0.259. The maximum atomic E-state index is 12.2. The van der Waals surface area contributed by atoms with Crippen molar-refractivity contribution in [2.45, 2.75) is 6.42 Å². The van der Waals surface area contributed by atoms with Gasteiger partial charge in [0, 0.05) is 14.1 Å². The first-order chi connectivity index (χ1) is 15.8. The Labute approximate surface area is 193 Å². The van der Waals surface area contributed by atoms with Crippen LogP contribution in [0.25, 0.3) is 12.2 Å². The van der Waals surface area contributed by atoms with E-state index in [1.54, 1.807) is 69.8 Å². The lowest BCUT2D eigenvalue weighted by atomic mass is 10.1. The predicted molar refractivity (Wildman–Crippen MR) is 125 cm³/mol. The molecule has 0 aromatic heterocycles. The summed E-state index contributed by atoms with van der Waals surface area (Å²) in [6.07, 6.45) is 5.04. The van der Waals surface area contributed by atoms with Crippen molar-refractivity contribution in [3.63, 3.8) is 0 Å². The topological polar surface area (TPSA) is 91.4 Å². The van der Waals surface area contributed by atoms with Crippen LogP contribution in [-0.4, -0.2) is 58.0 Å². The Kier molecular flexibility index (Phi) is 9.23. The Hall–Kier alpha value is -4.07. The van der Waals surface area contributed by atoms with Gasteiger partial charge in [0.1, 0.15) is 0 Å². The molecule has 2 rings (SSSR count). The van der Waals surface area contributed by atoms with Crippen LogP contribution in [0.2, 0.25) is 0 Å². The Balaban J connectivity index is 1.99. The summed E-state index contributed by atoms with van der Waals surface area (Å²) >= 11 is 0. The zero-order valence-electron chi connectivity index (χ0n) is 19.3. The molecule has 0 unspecified atom stereocenters. The molecule has 0 spiro atoms. The lowest BCUT2D eigenvalue weighted by molar-refractivity contribution is -0.121. The van der Waals surface area contributed by atoms with Crippen molar-refractivity contribution in [2.24, 2.45) is 0 Å². The number of methoxy groups -OCH3 is 3. The molecule has 174 valence electrons. The molecule has 0 saturated carbocycles. The fourth-order valence-corrected chi connectivity index (χ4v) is 2.68. The van der Waals surface area contributed by atoms with Crippen LogP contribution in [0.15, 0.2) is 48.6 Å². The van der Waals surface area contributed by atoms with Gasteiger partial charge in [-0.05, 0) is 47.5 Å². The molecule has 0 aliphatic carbocycles. The van der Waals surface area contributed by atoms with Crippen molar-refractivity contribution in [3.05, 3.63) is 59.7 Å². The number of hydrogen-bond donors (Lipinski definition) is 0. The van der Waals surface area contributed by atoms with Gasteiger partial charge >= 0.3 is 6.09 Å². The quantitative estimate of drug-likeness (QED) is 0.396. The first-order valence-corrected chi connectivity index (χ1v) is 9.98. The highest BCUT2D eigenvalue weighted by molar-refractivity contribution is 6.10. The molecule has 0 heterocycles. The second-order valence-corrected chi connectivity index (χ2v) is 7.06. The van der Waals surface area contributed by atoms with Gasteiger partial charge in [0.25, 0.3) is 0 Å². The first kappa shape index (κ1) is 25.2. The zero-order valence-corrected chi connectivity index (χ0v) is 19.3. The van der Waals surface area contributed by atoms with Gasteiger partial charge in [-0.3, -0.25) is 9.59 Å². The molecule has 33 heavy (non-hydrogen) atoms. The smallest absolute Gasteiger partial charge is 0.414 e. The summed E-state index contributed by atoms with van der Waals surface area (Å²) in [6.45, 7) is 0. The Morgan fingerprint density at radius 1 is 0.727 bits per heavy atom. The van der Waals surface area contributed by atoms with Crippen LogP contribution in [-0.2, 0) is 9.59 Å². The van der Waals surface area contributed by atoms with E-state index >= 15 is 0 Å². The van der Waals surface area contributed by atoms with E-state index in [0.29, 0.717) is 22.8 Å². The van der Waals surface area contributed by atoms with Gasteiger partial charge in [-0.15, -0.1) is 0 Å². The summed E-state index contributed by atoms with van der Waals surface area (Å²) in [5, 5.41) is 0. The number of rotatable bonds is 10. The van der Waals surface area contributed by atoms with Crippen LogP contribution in [0, 0.1) is 0 Å². The van der Waals surface area contributed by atoms with E-state index in [-0.39, 0.29) is 23.7 Å². The largest absolute Gasteiger partial charge is 0.493 e. The monoisotopic (exact) mass is 453 g/mol. The molecular weight excluding hydrogens is 426 g/mol. The van der Waals surface area contributed by atoms with E-state index in [9.17, 15) is 14.4 Å². The molecule has 2 aromatic rings. The summed E-state index contributed by atoms with van der Waals surface area (Å²) in [5.41, 5.74) is 1.39. The van der Waals surface area contributed by atoms with Gasteiger partial charge in [0.2, 0.25) is 0 Å². The average Bonchev–Trinajstić information content (AvgIpc) is 2.81. The van der Waals surface area contributed by atoms with Crippen molar-refractivity contribution in [3.8, 4) is 23.0 Å². The summed E-state index contributed by atoms with van der Waals surface area (Å²) < 4.78 is 20.9. The van der Waals surface area contributed by atoms with Crippen molar-refractivity contribution < 1.29 is 33.3 Å². The molecule has 8 heteroatoms. The van der Waals surface area contributed by atoms with E-state index in [1.807, 2.05) is 0 Å². The molecule has 0 saturated heterocycles. The van der Waals surface area contributed by atoms with Crippen LogP contribution in [0.1, 0.15) is 17.5 Å². The molecule has 1 amide bonds. The van der Waals surface area contributed by atoms with Gasteiger partial charge in [0.05, 0.1) is 27.8 Å². The Bertz CT molecular complexity index is 1070. The fraction of sp³-hybridized carbons (Fsp3) is 0.240. The number of carbonyl (C=O) groups excluding carboxylic acids is 3. The zero-order chi connectivity index (χ0) is 24.4. The summed E-state index contributed by atoms with van der Waals surface area (Å²) in [7, 11) is 7.66. The number of hydrogen-bond acceptors (Lipinski definition) is 7. The van der Waals surface area contributed by atoms with Gasteiger partial charge in [-0.1, -0.05) is 24.3 Å². The van der Waals surface area contributed by atoms with Crippen LogP contribution in [0.4, 0.5) is 4.79 Å². The Morgan fingerprint density at radius 3 is 1.64 bits per heavy atom. The molecule has 0 aliphatic heterocycles. The number of benzene rings is 2. The summed E-state index contributed by atoms with van der Waals surface area (Å²) in [4.78, 5) is 37.4. The van der Waals surface area contributed by atoms with Crippen LogP contribution in [0.5, 0.6) is 23.0 Å². The number of nitrogens with zero attached hydrogens (tertiary/aromatic N) is 1. The molecule has 0 N–H and O–H groups in total. The molecular formula is C25H27NO7. The molecule has 8 nitrogen and oxygen atoms in total. The van der Waals surface area contributed by atoms with Gasteiger partial charge in [-0.2, -0.15) is 0 Å². The SMILES string of the molecule is COc1ccc(/C=C/C(=O)CC(=O)/C=C/c2ccc(OC(=O)N(C)C)c(OC)c2)cc1OC. The molecule has 0 fully saturated rings. The third-order valence-corrected chi connectivity index (χ3v) is 4.43. The number of amides is 1. The van der Waals surface area contributed by atoms with Gasteiger partial charge < -0.3 is 23.8 Å². The number of allylic oxidation sites excluding steroid dienone is 2. The highest BCUT2D eigenvalue weighted by Gasteiger charge is 2.12. The third-order valence-electron chi connectivity index (χ3n) is 4.43. The van der Waals surface area contributed by atoms with Gasteiger partial charge in [0.15, 0.2) is 34.6 Å². The third kappa shape index (κ3) is 7.53. The number of ether oxygens (including phenoxy) is 4. The maximum absolute atomic E-state index is 12.2. The van der Waals surface area contributed by atoms with Crippen LogP contribution >= 0.6 is 0 Å². The number of carbonyl (C=O) groups is 3. The van der Waals surface area contributed by atoms with Crippen molar-refractivity contribution in [2.75, 3.05) is 35.4 Å². The second kappa shape index (κ2) is 12.1. The van der Waals surface area contributed by atoms with E-state index < -0.39 is 6.09 Å². The van der Waals surface area contributed by atoms with Crippen molar-refractivity contribution >= 4 is 29.8 Å². The lowest BCUT2D eigenvalue weighted by Crippen LogP contribution is -2.25. The van der Waals surface area contributed by atoms with Crippen LogP contribution in [0.3, 0.4) is 0 Å². The minimum atomic E-state index is -0.536.